The number of hydrogen-bond donors (Lipinski definition) is 1. The van der Waals surface area contributed by atoms with Gasteiger partial charge >= 0.3 is 0 Å². The van der Waals surface area contributed by atoms with Gasteiger partial charge in [-0.1, -0.05) is 51.5 Å². The molecule has 1 fully saturated rings. The van der Waals surface area contributed by atoms with Gasteiger partial charge in [-0.15, -0.1) is 0 Å². The fourth-order valence-electron chi connectivity index (χ4n) is 3.84. The monoisotopic (exact) mass is 234 g/mol. The van der Waals surface area contributed by atoms with E-state index in [4.69, 9.17) is 0 Å². The van der Waals surface area contributed by atoms with E-state index in [1.165, 1.54) is 6.42 Å². The zero-order valence-corrected chi connectivity index (χ0v) is 11.8. The lowest BCUT2D eigenvalue weighted by atomic mass is 9.46. The van der Waals surface area contributed by atoms with Gasteiger partial charge in [0.05, 0.1) is 6.61 Å². The second-order valence-corrected chi connectivity index (χ2v) is 6.89. The minimum absolute atomic E-state index is 0.193. The first-order chi connectivity index (χ1) is 7.82. The van der Waals surface area contributed by atoms with Crippen molar-refractivity contribution < 1.29 is 5.11 Å². The first kappa shape index (κ1) is 12.9. The van der Waals surface area contributed by atoms with Crippen molar-refractivity contribution >= 4 is 0 Å². The van der Waals surface area contributed by atoms with E-state index >= 15 is 0 Å². The van der Waals surface area contributed by atoms with Crippen LogP contribution < -0.4 is 0 Å². The van der Waals surface area contributed by atoms with Crippen LogP contribution in [0.5, 0.6) is 0 Å². The minimum Gasteiger partial charge on any atom is -0.392 e. The Kier molecular flexibility index (Phi) is 3.02. The van der Waals surface area contributed by atoms with Gasteiger partial charge in [-0.3, -0.25) is 0 Å². The third-order valence-corrected chi connectivity index (χ3v) is 5.73. The van der Waals surface area contributed by atoms with Crippen LogP contribution in [0.4, 0.5) is 0 Å². The Morgan fingerprint density at radius 3 is 2.65 bits per heavy atom. The quantitative estimate of drug-likeness (QED) is 0.721. The summed E-state index contributed by atoms with van der Waals surface area (Å²) >= 11 is 0. The zero-order chi connectivity index (χ0) is 12.8. The summed E-state index contributed by atoms with van der Waals surface area (Å²) in [5.74, 6) is 1.96. The van der Waals surface area contributed by atoms with E-state index in [0.29, 0.717) is 23.2 Å². The van der Waals surface area contributed by atoms with E-state index in [-0.39, 0.29) is 12.0 Å². The first-order valence-electron chi connectivity index (χ1n) is 6.80. The summed E-state index contributed by atoms with van der Waals surface area (Å²) in [7, 11) is 0. The maximum Gasteiger partial charge on any atom is 0.0639 e. The van der Waals surface area contributed by atoms with Crippen molar-refractivity contribution in [2.24, 2.45) is 28.6 Å². The normalized spacial score (nSPS) is 44.1. The molecule has 1 nitrogen and oxygen atoms in total. The van der Waals surface area contributed by atoms with Crippen LogP contribution >= 0.6 is 0 Å². The molecule has 3 aliphatic rings. The summed E-state index contributed by atoms with van der Waals surface area (Å²) in [6.45, 7) is 11.8. The van der Waals surface area contributed by atoms with Crippen molar-refractivity contribution in [3.63, 3.8) is 0 Å². The fraction of sp³-hybridized carbons (Fsp3) is 0.750. The predicted octanol–water partition coefficient (Wildman–Crippen LogP) is 3.80. The van der Waals surface area contributed by atoms with E-state index in [1.807, 2.05) is 6.92 Å². The molecule has 1 saturated carbocycles. The Labute approximate surface area is 106 Å². The highest BCUT2D eigenvalue weighted by Gasteiger charge is 2.54. The van der Waals surface area contributed by atoms with Crippen LogP contribution in [-0.4, -0.2) is 11.7 Å². The fourth-order valence-corrected chi connectivity index (χ4v) is 3.84. The predicted molar refractivity (Wildman–Crippen MR) is 72.6 cm³/mol. The van der Waals surface area contributed by atoms with Gasteiger partial charge in [-0.25, -0.2) is 0 Å². The summed E-state index contributed by atoms with van der Waals surface area (Å²) in [5.41, 5.74) is 1.78. The summed E-state index contributed by atoms with van der Waals surface area (Å²) in [4.78, 5) is 0. The molecule has 0 spiro atoms. The number of fused-ring (bicyclic) bond motifs is 2. The molecule has 0 radical (unpaired) electrons. The topological polar surface area (TPSA) is 20.2 Å². The minimum atomic E-state index is 0.193. The Morgan fingerprint density at radius 1 is 1.41 bits per heavy atom. The van der Waals surface area contributed by atoms with Crippen LogP contribution in [0.1, 0.15) is 41.0 Å². The molecule has 3 rings (SSSR count). The lowest BCUT2D eigenvalue weighted by Crippen LogP contribution is -2.52. The van der Waals surface area contributed by atoms with Gasteiger partial charge in [0.1, 0.15) is 0 Å². The summed E-state index contributed by atoms with van der Waals surface area (Å²) in [5, 5.41) is 9.20. The Balaban J connectivity index is 2.36. The van der Waals surface area contributed by atoms with Gasteiger partial charge in [-0.05, 0) is 41.9 Å². The summed E-state index contributed by atoms with van der Waals surface area (Å²) in [6.07, 6.45) is 8.41. The van der Waals surface area contributed by atoms with Crippen LogP contribution in [0.25, 0.3) is 0 Å². The lowest BCUT2D eigenvalue weighted by Gasteiger charge is -2.59. The highest BCUT2D eigenvalue weighted by Crippen LogP contribution is 2.61. The largest absolute Gasteiger partial charge is 0.392 e. The highest BCUT2D eigenvalue weighted by molar-refractivity contribution is 5.24. The Morgan fingerprint density at radius 2 is 2.06 bits per heavy atom. The molecular weight excluding hydrogens is 208 g/mol. The number of aliphatic hydroxyl groups excluding tert-OH is 1. The zero-order valence-electron chi connectivity index (χ0n) is 11.8. The molecule has 1 heteroatoms. The Hall–Kier alpha value is -0.560. The summed E-state index contributed by atoms with van der Waals surface area (Å²) < 4.78 is 0. The highest BCUT2D eigenvalue weighted by atomic mass is 16.3. The van der Waals surface area contributed by atoms with E-state index in [1.54, 1.807) is 0 Å². The number of rotatable bonds is 2. The van der Waals surface area contributed by atoms with Crippen molar-refractivity contribution in [2.45, 2.75) is 41.0 Å². The molecule has 0 saturated heterocycles. The second-order valence-electron chi connectivity index (χ2n) is 6.89. The van der Waals surface area contributed by atoms with Crippen molar-refractivity contribution in [1.29, 1.82) is 0 Å². The molecule has 0 aromatic carbocycles. The molecule has 17 heavy (non-hydrogen) atoms. The van der Waals surface area contributed by atoms with Gasteiger partial charge < -0.3 is 5.11 Å². The maximum absolute atomic E-state index is 9.20. The molecule has 1 N–H and O–H groups in total. The molecule has 0 aliphatic heterocycles. The summed E-state index contributed by atoms with van der Waals surface area (Å²) in [6, 6.07) is 0. The molecule has 3 aliphatic carbocycles. The molecule has 0 amide bonds. The average Bonchev–Trinajstić information content (AvgIpc) is 2.28. The molecule has 0 aromatic heterocycles. The molecule has 0 heterocycles. The van der Waals surface area contributed by atoms with Crippen LogP contribution in [0.15, 0.2) is 23.8 Å². The van der Waals surface area contributed by atoms with E-state index in [9.17, 15) is 5.11 Å². The maximum atomic E-state index is 9.20. The van der Waals surface area contributed by atoms with Crippen LogP contribution in [0.2, 0.25) is 0 Å². The molecule has 2 bridgehead atoms. The molecule has 4 unspecified atom stereocenters. The molecule has 4 atom stereocenters. The van der Waals surface area contributed by atoms with Crippen molar-refractivity contribution in [1.82, 2.24) is 0 Å². The number of hydrogen-bond acceptors (Lipinski definition) is 1. The molecule has 96 valence electrons. The van der Waals surface area contributed by atoms with Crippen molar-refractivity contribution in [3.05, 3.63) is 23.8 Å². The van der Waals surface area contributed by atoms with Crippen LogP contribution in [0, 0.1) is 28.6 Å². The van der Waals surface area contributed by atoms with Gasteiger partial charge in [0.15, 0.2) is 0 Å². The van der Waals surface area contributed by atoms with Gasteiger partial charge in [0.2, 0.25) is 0 Å². The van der Waals surface area contributed by atoms with Gasteiger partial charge in [0.25, 0.3) is 0 Å². The second kappa shape index (κ2) is 3.98. The van der Waals surface area contributed by atoms with E-state index < -0.39 is 0 Å². The Bertz CT molecular complexity index is 364. The van der Waals surface area contributed by atoms with Gasteiger partial charge in [-0.2, -0.15) is 0 Å². The average molecular weight is 234 g/mol. The standard InChI is InChI=1S/C16H26O/c1-11(10-17)8-14-9-13-6-7-16(14,5)12(2)15(13,3)4/h6-8,12-14,17H,9-10H2,1-5H3. The van der Waals surface area contributed by atoms with Crippen LogP contribution in [0.3, 0.4) is 0 Å². The van der Waals surface area contributed by atoms with Crippen molar-refractivity contribution in [2.75, 3.05) is 6.61 Å². The van der Waals surface area contributed by atoms with Gasteiger partial charge in [0, 0.05) is 0 Å². The van der Waals surface area contributed by atoms with E-state index in [0.717, 1.165) is 5.57 Å². The number of aliphatic hydroxyl groups is 1. The molecule has 0 aromatic rings. The van der Waals surface area contributed by atoms with E-state index in [2.05, 4.69) is 45.9 Å². The van der Waals surface area contributed by atoms with Crippen molar-refractivity contribution in [3.8, 4) is 0 Å². The third-order valence-electron chi connectivity index (χ3n) is 5.73. The smallest absolute Gasteiger partial charge is 0.0639 e. The third kappa shape index (κ3) is 1.79. The SMILES string of the molecule is CC(=CC1CC2C=CC1(C)C(C)C2(C)C)CO. The lowest BCUT2D eigenvalue weighted by molar-refractivity contribution is -0.0338. The molecular formula is C16H26O. The number of allylic oxidation sites excluding steroid dienone is 3. The first-order valence-corrected chi connectivity index (χ1v) is 6.80. The van der Waals surface area contributed by atoms with Crippen LogP contribution in [-0.2, 0) is 0 Å².